The summed E-state index contributed by atoms with van der Waals surface area (Å²) in [5.41, 5.74) is 6.61. The number of hydrogen-bond donors (Lipinski definition) is 2. The number of ether oxygens (including phenoxy) is 1. The molecular formula is C15H21Cl2N5O2S. The van der Waals surface area contributed by atoms with Gasteiger partial charge in [-0.2, -0.15) is 0 Å². The Labute approximate surface area is 162 Å². The lowest BCUT2D eigenvalue weighted by Gasteiger charge is -2.29. The van der Waals surface area contributed by atoms with Gasteiger partial charge in [0, 0.05) is 31.1 Å². The number of amides is 1. The highest BCUT2D eigenvalue weighted by atomic mass is 35.5. The highest BCUT2D eigenvalue weighted by Crippen LogP contribution is 2.24. The molecule has 1 fully saturated rings. The first-order valence-corrected chi connectivity index (χ1v) is 8.39. The van der Waals surface area contributed by atoms with Gasteiger partial charge in [-0.3, -0.25) is 4.79 Å². The molecule has 10 heteroatoms. The molecule has 0 unspecified atom stereocenters. The average Bonchev–Trinajstić information content (AvgIpc) is 3.05. The van der Waals surface area contributed by atoms with Crippen LogP contribution in [-0.2, 0) is 11.2 Å². The number of aromatic nitrogens is 2. The van der Waals surface area contributed by atoms with E-state index in [4.69, 9.17) is 10.5 Å². The molecule has 7 nitrogen and oxygen atoms in total. The van der Waals surface area contributed by atoms with Crippen LogP contribution in [0.1, 0.15) is 15.5 Å². The number of halogens is 2. The molecule has 0 aromatic carbocycles. The molecule has 25 heavy (non-hydrogen) atoms. The summed E-state index contributed by atoms with van der Waals surface area (Å²) in [6, 6.07) is 3.66. The van der Waals surface area contributed by atoms with Gasteiger partial charge in [0.05, 0.1) is 23.9 Å². The molecular weight excluding hydrogens is 385 g/mol. The van der Waals surface area contributed by atoms with Crippen molar-refractivity contribution in [2.24, 2.45) is 5.73 Å². The van der Waals surface area contributed by atoms with Gasteiger partial charge in [0.2, 0.25) is 0 Å². The fourth-order valence-corrected chi connectivity index (χ4v) is 3.16. The van der Waals surface area contributed by atoms with Crippen molar-refractivity contribution in [3.63, 3.8) is 0 Å². The molecule has 3 N–H and O–H groups in total. The maximum atomic E-state index is 12.4. The van der Waals surface area contributed by atoms with Gasteiger partial charge in [0.25, 0.3) is 5.91 Å². The van der Waals surface area contributed by atoms with Crippen LogP contribution < -0.4 is 16.0 Å². The zero-order chi connectivity index (χ0) is 16.1. The number of thiazole rings is 1. The van der Waals surface area contributed by atoms with Crippen LogP contribution in [0.25, 0.3) is 0 Å². The summed E-state index contributed by atoms with van der Waals surface area (Å²) >= 11 is 1.45. The highest BCUT2D eigenvalue weighted by Gasteiger charge is 2.18. The van der Waals surface area contributed by atoms with E-state index >= 15 is 0 Å². The van der Waals surface area contributed by atoms with Gasteiger partial charge in [-0.15, -0.1) is 36.2 Å². The van der Waals surface area contributed by atoms with Crippen molar-refractivity contribution < 1.29 is 9.53 Å². The van der Waals surface area contributed by atoms with Crippen LogP contribution in [0.3, 0.4) is 0 Å². The van der Waals surface area contributed by atoms with Gasteiger partial charge in [-0.25, -0.2) is 9.97 Å². The van der Waals surface area contributed by atoms with Crippen LogP contribution in [0.2, 0.25) is 0 Å². The average molecular weight is 406 g/mol. The van der Waals surface area contributed by atoms with E-state index in [0.717, 1.165) is 23.9 Å². The van der Waals surface area contributed by atoms with Crippen LogP contribution in [0.5, 0.6) is 0 Å². The monoisotopic (exact) mass is 405 g/mol. The lowest BCUT2D eigenvalue weighted by atomic mass is 10.3. The maximum absolute atomic E-state index is 12.4. The van der Waals surface area contributed by atoms with E-state index in [2.05, 4.69) is 20.2 Å². The van der Waals surface area contributed by atoms with Gasteiger partial charge in [-0.1, -0.05) is 0 Å². The first-order valence-electron chi connectivity index (χ1n) is 7.51. The molecule has 0 saturated carbocycles. The number of nitrogens with zero attached hydrogens (tertiary/aromatic N) is 3. The van der Waals surface area contributed by atoms with Gasteiger partial charge in [0.15, 0.2) is 5.82 Å². The largest absolute Gasteiger partial charge is 0.378 e. The predicted molar refractivity (Wildman–Crippen MR) is 105 cm³/mol. The van der Waals surface area contributed by atoms with Crippen molar-refractivity contribution in [1.29, 1.82) is 0 Å². The topological polar surface area (TPSA) is 93.4 Å². The van der Waals surface area contributed by atoms with E-state index in [1.54, 1.807) is 17.6 Å². The number of nitrogens with one attached hydrogen (secondary N) is 1. The van der Waals surface area contributed by atoms with Crippen molar-refractivity contribution in [3.8, 4) is 0 Å². The molecule has 1 aliphatic heterocycles. The summed E-state index contributed by atoms with van der Waals surface area (Å²) in [4.78, 5) is 23.2. The first-order chi connectivity index (χ1) is 11.3. The Morgan fingerprint density at radius 2 is 2.12 bits per heavy atom. The number of morpholine rings is 1. The summed E-state index contributed by atoms with van der Waals surface area (Å²) < 4.78 is 5.36. The molecule has 2 aromatic rings. The zero-order valence-corrected chi connectivity index (χ0v) is 16.0. The van der Waals surface area contributed by atoms with Crippen LogP contribution in [0.15, 0.2) is 23.7 Å². The molecule has 3 heterocycles. The Balaban J connectivity index is 0.00000156. The minimum Gasteiger partial charge on any atom is -0.378 e. The Morgan fingerprint density at radius 1 is 1.36 bits per heavy atom. The lowest BCUT2D eigenvalue weighted by Crippen LogP contribution is -2.37. The normalized spacial score (nSPS) is 13.6. The molecule has 0 spiro atoms. The Hall–Kier alpha value is -1.45. The third-order valence-corrected chi connectivity index (χ3v) is 4.40. The molecule has 0 bridgehead atoms. The SMILES string of the molecule is Cl.Cl.NCCc1nc(C(=O)Nc2cccnc2N2CCOCC2)cs1. The highest BCUT2D eigenvalue weighted by molar-refractivity contribution is 7.09. The number of nitrogens with two attached hydrogens (primary N) is 1. The molecule has 3 rings (SSSR count). The second-order valence-electron chi connectivity index (χ2n) is 5.09. The standard InChI is InChI=1S/C15H19N5O2S.2ClH/c16-4-3-13-18-12(10-23-13)15(21)19-11-2-1-5-17-14(11)20-6-8-22-9-7-20;;/h1-2,5,10H,3-4,6-9,16H2,(H,19,21);2*1H. The number of carbonyl (C=O) groups is 1. The second kappa shape index (κ2) is 10.5. The van der Waals surface area contributed by atoms with E-state index < -0.39 is 0 Å². The smallest absolute Gasteiger partial charge is 0.275 e. The maximum Gasteiger partial charge on any atom is 0.275 e. The van der Waals surface area contributed by atoms with Crippen molar-refractivity contribution in [2.45, 2.75) is 6.42 Å². The molecule has 2 aromatic heterocycles. The van der Waals surface area contributed by atoms with Gasteiger partial charge in [-0.05, 0) is 18.7 Å². The van der Waals surface area contributed by atoms with E-state index in [1.165, 1.54) is 11.3 Å². The second-order valence-corrected chi connectivity index (χ2v) is 6.04. The number of pyridine rings is 1. The first kappa shape index (κ1) is 21.6. The molecule has 1 aliphatic rings. The van der Waals surface area contributed by atoms with E-state index in [0.29, 0.717) is 37.6 Å². The molecule has 138 valence electrons. The van der Waals surface area contributed by atoms with Crippen molar-refractivity contribution in [2.75, 3.05) is 43.1 Å². The summed E-state index contributed by atoms with van der Waals surface area (Å²) in [6.45, 7) is 3.38. The minimum atomic E-state index is -0.230. The zero-order valence-electron chi connectivity index (χ0n) is 13.5. The molecule has 1 amide bonds. The fraction of sp³-hybridized carbons (Fsp3) is 0.400. The molecule has 0 radical (unpaired) electrons. The van der Waals surface area contributed by atoms with Crippen molar-refractivity contribution in [1.82, 2.24) is 9.97 Å². The van der Waals surface area contributed by atoms with E-state index in [1.807, 2.05) is 6.07 Å². The summed E-state index contributed by atoms with van der Waals surface area (Å²) in [5.74, 6) is 0.536. The third kappa shape index (κ3) is 5.52. The minimum absolute atomic E-state index is 0. The van der Waals surface area contributed by atoms with Gasteiger partial charge < -0.3 is 20.7 Å². The third-order valence-electron chi connectivity index (χ3n) is 3.49. The van der Waals surface area contributed by atoms with Crippen LogP contribution in [0.4, 0.5) is 11.5 Å². The van der Waals surface area contributed by atoms with Crippen LogP contribution >= 0.6 is 36.2 Å². The number of anilines is 2. The van der Waals surface area contributed by atoms with E-state index in [9.17, 15) is 4.79 Å². The fourth-order valence-electron chi connectivity index (χ4n) is 2.36. The van der Waals surface area contributed by atoms with Crippen molar-refractivity contribution >= 4 is 53.6 Å². The molecule has 0 atom stereocenters. The summed E-state index contributed by atoms with van der Waals surface area (Å²) in [7, 11) is 0. The van der Waals surface area contributed by atoms with Crippen molar-refractivity contribution in [3.05, 3.63) is 34.4 Å². The predicted octanol–water partition coefficient (Wildman–Crippen LogP) is 1.97. The summed E-state index contributed by atoms with van der Waals surface area (Å²) in [5, 5.41) is 5.54. The number of hydrogen-bond acceptors (Lipinski definition) is 7. The quantitative estimate of drug-likeness (QED) is 0.789. The Morgan fingerprint density at radius 3 is 2.84 bits per heavy atom. The summed E-state index contributed by atoms with van der Waals surface area (Å²) in [6.07, 6.45) is 2.41. The Bertz CT molecular complexity index is 679. The van der Waals surface area contributed by atoms with Gasteiger partial charge in [0.1, 0.15) is 5.69 Å². The molecule has 1 saturated heterocycles. The number of carbonyl (C=O) groups excluding carboxylic acids is 1. The number of rotatable bonds is 5. The van der Waals surface area contributed by atoms with E-state index in [-0.39, 0.29) is 30.7 Å². The lowest BCUT2D eigenvalue weighted by molar-refractivity contribution is 0.102. The van der Waals surface area contributed by atoms with Gasteiger partial charge >= 0.3 is 0 Å². The Kier molecular flexibility index (Phi) is 9.09. The van der Waals surface area contributed by atoms with Crippen LogP contribution in [-0.4, -0.2) is 48.7 Å². The van der Waals surface area contributed by atoms with Crippen LogP contribution in [0, 0.1) is 0 Å². The molecule has 0 aliphatic carbocycles.